The normalized spacial score (nSPS) is 27.4. The Hall–Kier alpha value is 0.230. The Balaban J connectivity index is 2.17. The number of hydrogen-bond donors (Lipinski definition) is 2. The van der Waals surface area contributed by atoms with E-state index in [1.807, 2.05) is 13.8 Å². The van der Waals surface area contributed by atoms with Crippen LogP contribution in [0.3, 0.4) is 0 Å². The topological polar surface area (TPSA) is 38.7 Å². The summed E-state index contributed by atoms with van der Waals surface area (Å²) in [6.45, 7) is 4.65. The van der Waals surface area contributed by atoms with Crippen LogP contribution in [0.2, 0.25) is 0 Å². The van der Waals surface area contributed by atoms with Gasteiger partial charge in [0, 0.05) is 12.4 Å². The fraction of sp³-hybridized carbons (Fsp3) is 1.00. The fourth-order valence-electron chi connectivity index (χ4n) is 1.74. The lowest BCUT2D eigenvalue weighted by atomic mass is 10.0. The minimum Gasteiger partial charge on any atom is -0.389 e. The van der Waals surface area contributed by atoms with Gasteiger partial charge in [-0.25, -0.2) is 0 Å². The second-order valence-electron chi connectivity index (χ2n) is 4.94. The minimum absolute atomic E-state index is 0.0373. The van der Waals surface area contributed by atoms with Gasteiger partial charge in [0.15, 0.2) is 6.29 Å². The number of aliphatic hydroxyl groups is 1. The third-order valence-electron chi connectivity index (χ3n) is 2.95. The highest BCUT2D eigenvalue weighted by atomic mass is 32.1. The van der Waals surface area contributed by atoms with Gasteiger partial charge in [-0.05, 0) is 46.0 Å². The molecular formula is C12H24O3S. The molecule has 96 valence electrons. The van der Waals surface area contributed by atoms with Crippen LogP contribution in [0.25, 0.3) is 0 Å². The second kappa shape index (κ2) is 6.84. The van der Waals surface area contributed by atoms with E-state index in [1.165, 1.54) is 6.42 Å². The fourth-order valence-corrected chi connectivity index (χ4v) is 1.90. The lowest BCUT2D eigenvalue weighted by Crippen LogP contribution is -2.30. The molecule has 4 heteroatoms. The molecule has 0 aromatic rings. The van der Waals surface area contributed by atoms with Crippen molar-refractivity contribution in [1.29, 1.82) is 0 Å². The highest BCUT2D eigenvalue weighted by Crippen LogP contribution is 2.20. The largest absolute Gasteiger partial charge is 0.389 e. The molecule has 0 aromatic heterocycles. The summed E-state index contributed by atoms with van der Waals surface area (Å²) in [7, 11) is 0. The molecule has 1 aliphatic rings. The maximum Gasteiger partial charge on any atom is 0.157 e. The van der Waals surface area contributed by atoms with Crippen molar-refractivity contribution in [2.75, 3.05) is 12.4 Å². The Kier molecular flexibility index (Phi) is 6.11. The molecule has 3 unspecified atom stereocenters. The number of thiol groups is 1. The van der Waals surface area contributed by atoms with E-state index in [9.17, 15) is 5.11 Å². The molecule has 0 radical (unpaired) electrons. The smallest absolute Gasteiger partial charge is 0.157 e. The van der Waals surface area contributed by atoms with Gasteiger partial charge in [-0.2, -0.15) is 12.6 Å². The van der Waals surface area contributed by atoms with Gasteiger partial charge in [0.25, 0.3) is 0 Å². The van der Waals surface area contributed by atoms with Crippen molar-refractivity contribution >= 4 is 12.6 Å². The molecule has 0 amide bonds. The zero-order valence-electron chi connectivity index (χ0n) is 10.3. The van der Waals surface area contributed by atoms with Crippen LogP contribution < -0.4 is 0 Å². The third-order valence-corrected chi connectivity index (χ3v) is 3.63. The van der Waals surface area contributed by atoms with E-state index in [2.05, 4.69) is 12.6 Å². The average Bonchev–Trinajstić information content (AvgIpc) is 2.28. The Morgan fingerprint density at radius 3 is 2.88 bits per heavy atom. The summed E-state index contributed by atoms with van der Waals surface area (Å²) in [5, 5.41) is 9.81. The zero-order valence-corrected chi connectivity index (χ0v) is 11.2. The lowest BCUT2D eigenvalue weighted by Gasteiger charge is -2.28. The highest BCUT2D eigenvalue weighted by Gasteiger charge is 2.21. The van der Waals surface area contributed by atoms with E-state index >= 15 is 0 Å². The zero-order chi connectivity index (χ0) is 12.0. The van der Waals surface area contributed by atoms with Gasteiger partial charge in [0.1, 0.15) is 0 Å². The first-order valence-corrected chi connectivity index (χ1v) is 6.77. The lowest BCUT2D eigenvalue weighted by molar-refractivity contribution is -0.187. The minimum atomic E-state index is -0.686. The molecule has 3 atom stereocenters. The summed E-state index contributed by atoms with van der Waals surface area (Å²) in [5.74, 6) is 0.486. The van der Waals surface area contributed by atoms with Crippen LogP contribution in [0.5, 0.6) is 0 Å². The van der Waals surface area contributed by atoms with Crippen molar-refractivity contribution in [1.82, 2.24) is 0 Å². The third kappa shape index (κ3) is 5.53. The summed E-state index contributed by atoms with van der Waals surface area (Å²) in [6, 6.07) is 0. The average molecular weight is 248 g/mol. The molecule has 0 aliphatic carbocycles. The van der Waals surface area contributed by atoms with E-state index in [-0.39, 0.29) is 12.4 Å². The van der Waals surface area contributed by atoms with Gasteiger partial charge in [-0.15, -0.1) is 0 Å². The maximum atomic E-state index is 9.81. The van der Waals surface area contributed by atoms with Crippen LogP contribution in [-0.4, -0.2) is 35.5 Å². The highest BCUT2D eigenvalue weighted by molar-refractivity contribution is 7.80. The molecule has 1 fully saturated rings. The second-order valence-corrected chi connectivity index (χ2v) is 5.25. The van der Waals surface area contributed by atoms with Gasteiger partial charge in [0.2, 0.25) is 0 Å². The Labute approximate surface area is 104 Å². The van der Waals surface area contributed by atoms with Crippen molar-refractivity contribution < 1.29 is 14.6 Å². The predicted octanol–water partition coefficient (Wildman–Crippen LogP) is 2.38. The summed E-state index contributed by atoms with van der Waals surface area (Å²) < 4.78 is 11.3. The van der Waals surface area contributed by atoms with Crippen LogP contribution in [0.15, 0.2) is 0 Å². The molecule has 1 heterocycles. The van der Waals surface area contributed by atoms with E-state index < -0.39 is 5.60 Å². The van der Waals surface area contributed by atoms with E-state index in [0.717, 1.165) is 25.9 Å². The van der Waals surface area contributed by atoms with E-state index in [0.29, 0.717) is 12.2 Å². The first kappa shape index (κ1) is 14.3. The van der Waals surface area contributed by atoms with Gasteiger partial charge < -0.3 is 14.6 Å². The summed E-state index contributed by atoms with van der Waals surface area (Å²) in [4.78, 5) is 0. The molecule has 0 bridgehead atoms. The Morgan fingerprint density at radius 2 is 2.31 bits per heavy atom. The molecule has 1 aliphatic heterocycles. The molecule has 0 aromatic carbocycles. The van der Waals surface area contributed by atoms with Crippen LogP contribution in [-0.2, 0) is 9.47 Å². The molecule has 1 N–H and O–H groups in total. The van der Waals surface area contributed by atoms with Crippen molar-refractivity contribution in [3.05, 3.63) is 0 Å². The monoisotopic (exact) mass is 248 g/mol. The predicted molar refractivity (Wildman–Crippen MR) is 67.8 cm³/mol. The number of ether oxygens (including phenoxy) is 2. The standard InChI is InChI=1S/C12H24O3S/c1-10(6-7-12(2,13)9-16)15-11-5-3-4-8-14-11/h10-11,13,16H,3-9H2,1-2H3. The van der Waals surface area contributed by atoms with Crippen molar-refractivity contribution in [2.24, 2.45) is 0 Å². The Morgan fingerprint density at radius 1 is 1.56 bits per heavy atom. The van der Waals surface area contributed by atoms with Crippen LogP contribution >= 0.6 is 12.6 Å². The van der Waals surface area contributed by atoms with E-state index in [4.69, 9.17) is 9.47 Å². The molecule has 3 nitrogen and oxygen atoms in total. The van der Waals surface area contributed by atoms with E-state index in [1.54, 1.807) is 0 Å². The number of hydrogen-bond acceptors (Lipinski definition) is 4. The first-order valence-electron chi connectivity index (χ1n) is 6.14. The van der Waals surface area contributed by atoms with Gasteiger partial charge in [-0.1, -0.05) is 0 Å². The first-order chi connectivity index (χ1) is 7.53. The molecule has 0 spiro atoms. The summed E-state index contributed by atoms with van der Waals surface area (Å²) in [5.41, 5.74) is -0.686. The van der Waals surface area contributed by atoms with Crippen molar-refractivity contribution in [2.45, 2.75) is 63.9 Å². The summed E-state index contributed by atoms with van der Waals surface area (Å²) in [6.07, 6.45) is 4.97. The van der Waals surface area contributed by atoms with Gasteiger partial charge in [0.05, 0.1) is 11.7 Å². The molecule has 1 saturated heterocycles. The SMILES string of the molecule is CC(CCC(C)(O)CS)OC1CCCCO1. The molecule has 0 saturated carbocycles. The van der Waals surface area contributed by atoms with Crippen molar-refractivity contribution in [3.8, 4) is 0 Å². The number of rotatable bonds is 6. The van der Waals surface area contributed by atoms with Crippen LogP contribution in [0.1, 0.15) is 46.0 Å². The quantitative estimate of drug-likeness (QED) is 0.709. The van der Waals surface area contributed by atoms with Crippen LogP contribution in [0.4, 0.5) is 0 Å². The molecular weight excluding hydrogens is 224 g/mol. The Bertz CT molecular complexity index is 191. The maximum absolute atomic E-state index is 9.81. The summed E-state index contributed by atoms with van der Waals surface area (Å²) >= 11 is 4.12. The molecule has 1 rings (SSSR count). The van der Waals surface area contributed by atoms with Crippen LogP contribution in [0, 0.1) is 0 Å². The molecule has 16 heavy (non-hydrogen) atoms. The van der Waals surface area contributed by atoms with Gasteiger partial charge in [-0.3, -0.25) is 0 Å². The van der Waals surface area contributed by atoms with Gasteiger partial charge >= 0.3 is 0 Å². The van der Waals surface area contributed by atoms with Crippen molar-refractivity contribution in [3.63, 3.8) is 0 Å².